The number of benzene rings is 1. The highest BCUT2D eigenvalue weighted by Gasteiger charge is 2.02. The number of H-pyrrole nitrogens is 1. The zero-order valence-corrected chi connectivity index (χ0v) is 9.25. The topological polar surface area (TPSA) is 83.8 Å². The number of nitrogens with zero attached hydrogens (tertiary/aromatic N) is 1. The van der Waals surface area contributed by atoms with E-state index in [1.54, 1.807) is 0 Å². The predicted octanol–water partition coefficient (Wildman–Crippen LogP) is 1.89. The van der Waals surface area contributed by atoms with E-state index in [-0.39, 0.29) is 16.8 Å². The largest absolute Gasteiger partial charge is 0.369 e. The average molecular weight is 255 g/mol. The summed E-state index contributed by atoms with van der Waals surface area (Å²) in [5.41, 5.74) is 5.35. The monoisotopic (exact) mass is 254 g/mol. The van der Waals surface area contributed by atoms with Crippen LogP contribution >= 0.6 is 11.6 Å². The van der Waals surface area contributed by atoms with Gasteiger partial charge in [0, 0.05) is 16.8 Å². The van der Waals surface area contributed by atoms with E-state index in [0.29, 0.717) is 5.69 Å². The molecule has 0 unspecified atom stereocenters. The fourth-order valence-electron chi connectivity index (χ4n) is 1.31. The second-order valence-corrected chi connectivity index (χ2v) is 3.74. The summed E-state index contributed by atoms with van der Waals surface area (Å²) in [7, 11) is 0. The third kappa shape index (κ3) is 2.94. The van der Waals surface area contributed by atoms with E-state index in [9.17, 15) is 9.18 Å². The van der Waals surface area contributed by atoms with Gasteiger partial charge in [-0.25, -0.2) is 4.39 Å². The van der Waals surface area contributed by atoms with Crippen LogP contribution in [0.2, 0.25) is 5.02 Å². The van der Waals surface area contributed by atoms with Crippen LogP contribution in [0.25, 0.3) is 0 Å². The first-order valence-electron chi connectivity index (χ1n) is 4.63. The zero-order chi connectivity index (χ0) is 12.4. The number of hydrogen-bond donors (Lipinski definition) is 3. The van der Waals surface area contributed by atoms with E-state index in [1.165, 1.54) is 24.3 Å². The van der Waals surface area contributed by atoms with Crippen molar-refractivity contribution in [3.63, 3.8) is 0 Å². The van der Waals surface area contributed by atoms with Crippen molar-refractivity contribution >= 4 is 29.1 Å². The number of halogens is 2. The Bertz CT molecular complexity index is 593. The second kappa shape index (κ2) is 4.42. The van der Waals surface area contributed by atoms with Gasteiger partial charge in [-0.1, -0.05) is 11.6 Å². The summed E-state index contributed by atoms with van der Waals surface area (Å²) in [6.45, 7) is 0. The van der Waals surface area contributed by atoms with Gasteiger partial charge >= 0.3 is 0 Å². The van der Waals surface area contributed by atoms with E-state index in [4.69, 9.17) is 17.3 Å². The van der Waals surface area contributed by atoms with Crippen LogP contribution in [0, 0.1) is 5.82 Å². The van der Waals surface area contributed by atoms with E-state index in [1.807, 2.05) is 0 Å². The minimum absolute atomic E-state index is 0.0255. The summed E-state index contributed by atoms with van der Waals surface area (Å²) in [6.07, 6.45) is 0. The maximum absolute atomic E-state index is 13.1. The van der Waals surface area contributed by atoms with E-state index in [0.717, 1.165) is 0 Å². The molecule has 0 bridgehead atoms. The standard InChI is InChI=1S/C10H8ClFN4O/c11-5-1-6(12)3-7(2-5)14-8-4-9(17)16-10(13)15-8/h1-4H,(H4,13,14,15,16,17). The molecule has 0 atom stereocenters. The predicted molar refractivity (Wildman–Crippen MR) is 64.0 cm³/mol. The Kier molecular flexibility index (Phi) is 2.97. The molecule has 5 nitrogen and oxygen atoms in total. The number of anilines is 3. The summed E-state index contributed by atoms with van der Waals surface area (Å²) in [4.78, 5) is 17.2. The molecule has 0 spiro atoms. The van der Waals surface area contributed by atoms with Crippen LogP contribution in [0.5, 0.6) is 0 Å². The van der Waals surface area contributed by atoms with Gasteiger partial charge < -0.3 is 11.1 Å². The summed E-state index contributed by atoms with van der Waals surface area (Å²) >= 11 is 5.69. The van der Waals surface area contributed by atoms with E-state index in [2.05, 4.69) is 15.3 Å². The lowest BCUT2D eigenvalue weighted by molar-refractivity contribution is 0.628. The molecule has 1 aromatic carbocycles. The fraction of sp³-hybridized carbons (Fsp3) is 0. The van der Waals surface area contributed by atoms with Crippen molar-refractivity contribution in [1.82, 2.24) is 9.97 Å². The fourth-order valence-corrected chi connectivity index (χ4v) is 1.54. The van der Waals surface area contributed by atoms with Crippen LogP contribution in [0.3, 0.4) is 0 Å². The first kappa shape index (κ1) is 11.4. The van der Waals surface area contributed by atoms with Crippen molar-refractivity contribution < 1.29 is 4.39 Å². The van der Waals surface area contributed by atoms with E-state index < -0.39 is 11.4 Å². The summed E-state index contributed by atoms with van der Waals surface area (Å²) in [5.74, 6) is -0.298. The summed E-state index contributed by atoms with van der Waals surface area (Å²) < 4.78 is 13.1. The molecule has 0 radical (unpaired) electrons. The van der Waals surface area contributed by atoms with Gasteiger partial charge in [0.25, 0.3) is 5.56 Å². The van der Waals surface area contributed by atoms with Crippen LogP contribution in [0.4, 0.5) is 21.8 Å². The maximum atomic E-state index is 13.1. The Hall–Kier alpha value is -2.08. The van der Waals surface area contributed by atoms with Gasteiger partial charge in [0.1, 0.15) is 11.6 Å². The van der Waals surface area contributed by atoms with Gasteiger partial charge in [-0.3, -0.25) is 9.78 Å². The molecule has 0 saturated heterocycles. The zero-order valence-electron chi connectivity index (χ0n) is 8.50. The average Bonchev–Trinajstić information content (AvgIpc) is 2.13. The number of hydrogen-bond acceptors (Lipinski definition) is 4. The first-order chi connectivity index (χ1) is 8.02. The molecule has 17 heavy (non-hydrogen) atoms. The number of nitrogen functional groups attached to an aromatic ring is 1. The van der Waals surface area contributed by atoms with Gasteiger partial charge in [0.15, 0.2) is 0 Å². The SMILES string of the molecule is Nc1nc(Nc2cc(F)cc(Cl)c2)cc(=O)[nH]1. The van der Waals surface area contributed by atoms with Gasteiger partial charge in [0.2, 0.25) is 5.95 Å². The molecule has 1 heterocycles. The van der Waals surface area contributed by atoms with Gasteiger partial charge in [-0.2, -0.15) is 4.98 Å². The third-order valence-corrected chi connectivity index (χ3v) is 2.11. The van der Waals surface area contributed by atoms with Crippen molar-refractivity contribution in [3.05, 3.63) is 45.5 Å². The number of nitrogens with two attached hydrogens (primary N) is 1. The quantitative estimate of drug-likeness (QED) is 0.764. The van der Waals surface area contributed by atoms with Crippen LogP contribution in [0.15, 0.2) is 29.1 Å². The van der Waals surface area contributed by atoms with Crippen LogP contribution < -0.4 is 16.6 Å². The van der Waals surface area contributed by atoms with Crippen molar-refractivity contribution in [1.29, 1.82) is 0 Å². The Morgan fingerprint density at radius 1 is 1.35 bits per heavy atom. The molecular formula is C10H8ClFN4O. The minimum atomic E-state index is -0.488. The smallest absolute Gasteiger partial charge is 0.254 e. The normalized spacial score (nSPS) is 10.2. The van der Waals surface area contributed by atoms with Crippen LogP contribution in [-0.4, -0.2) is 9.97 Å². The van der Waals surface area contributed by atoms with Gasteiger partial charge in [0.05, 0.1) is 0 Å². The molecule has 0 fully saturated rings. The molecule has 2 aromatic rings. The maximum Gasteiger partial charge on any atom is 0.254 e. The molecular weight excluding hydrogens is 247 g/mol. The number of nitrogens with one attached hydrogen (secondary N) is 2. The minimum Gasteiger partial charge on any atom is -0.369 e. The molecule has 0 aliphatic heterocycles. The lowest BCUT2D eigenvalue weighted by Gasteiger charge is -2.06. The Balaban J connectivity index is 2.34. The van der Waals surface area contributed by atoms with E-state index >= 15 is 0 Å². The summed E-state index contributed by atoms with van der Waals surface area (Å²) in [5, 5.41) is 2.97. The van der Waals surface area contributed by atoms with Gasteiger partial charge in [-0.05, 0) is 18.2 Å². The van der Waals surface area contributed by atoms with Crippen LogP contribution in [0.1, 0.15) is 0 Å². The molecule has 0 amide bonds. The molecule has 0 aliphatic carbocycles. The van der Waals surface area contributed by atoms with Crippen LogP contribution in [-0.2, 0) is 0 Å². The lowest BCUT2D eigenvalue weighted by Crippen LogP contribution is -2.11. The highest BCUT2D eigenvalue weighted by molar-refractivity contribution is 6.30. The molecule has 0 saturated carbocycles. The molecule has 2 rings (SSSR count). The molecule has 4 N–H and O–H groups in total. The molecule has 0 aliphatic rings. The van der Waals surface area contributed by atoms with Crippen molar-refractivity contribution in [2.24, 2.45) is 0 Å². The third-order valence-electron chi connectivity index (χ3n) is 1.89. The van der Waals surface area contributed by atoms with Crippen molar-refractivity contribution in [3.8, 4) is 0 Å². The Morgan fingerprint density at radius 3 is 2.76 bits per heavy atom. The number of aromatic amines is 1. The van der Waals surface area contributed by atoms with Crippen molar-refractivity contribution in [2.75, 3.05) is 11.1 Å². The number of aromatic nitrogens is 2. The Morgan fingerprint density at radius 2 is 2.12 bits per heavy atom. The lowest BCUT2D eigenvalue weighted by atomic mass is 10.3. The Labute approximate surface area is 100 Å². The second-order valence-electron chi connectivity index (χ2n) is 3.30. The molecule has 7 heteroatoms. The first-order valence-corrected chi connectivity index (χ1v) is 5.01. The van der Waals surface area contributed by atoms with Gasteiger partial charge in [-0.15, -0.1) is 0 Å². The highest BCUT2D eigenvalue weighted by atomic mass is 35.5. The molecule has 1 aromatic heterocycles. The summed E-state index contributed by atoms with van der Waals surface area (Å²) in [6, 6.07) is 5.11. The molecule has 88 valence electrons. The number of rotatable bonds is 2. The van der Waals surface area contributed by atoms with Crippen molar-refractivity contribution in [2.45, 2.75) is 0 Å². The highest BCUT2D eigenvalue weighted by Crippen LogP contribution is 2.20.